The summed E-state index contributed by atoms with van der Waals surface area (Å²) in [6.07, 6.45) is 10.2. The smallest absolute Gasteiger partial charge is 0.303 e. The minimum Gasteiger partial charge on any atom is -0.457 e. The summed E-state index contributed by atoms with van der Waals surface area (Å²) in [4.78, 5) is 12.0. The number of carbonyl (C=O) groups excluding carboxylic acids is 1. The maximum Gasteiger partial charge on any atom is 0.303 e. The fourth-order valence-electron chi connectivity index (χ4n) is 11.0. The molecule has 232 valence electrons. The molecule has 0 aromatic rings. The van der Waals surface area contributed by atoms with Crippen LogP contribution in [0, 0.1) is 44.8 Å². The molecule has 1 N–H and O–H groups in total. The summed E-state index contributed by atoms with van der Waals surface area (Å²) >= 11 is 0. The molecule has 4 unspecified atom stereocenters. The van der Waals surface area contributed by atoms with E-state index in [1.54, 1.807) is 13.8 Å². The highest BCUT2D eigenvalue weighted by atomic mass is 16.6. The van der Waals surface area contributed by atoms with Crippen molar-refractivity contribution in [3.8, 4) is 0 Å². The minimum atomic E-state index is -1.15. The Labute approximate surface area is 245 Å². The Bertz CT molecular complexity index is 933. The summed E-state index contributed by atoms with van der Waals surface area (Å²) in [5.41, 5.74) is 0.224. The van der Waals surface area contributed by atoms with Crippen molar-refractivity contribution in [3.05, 3.63) is 0 Å². The van der Waals surface area contributed by atoms with Crippen LogP contribution in [-0.4, -0.2) is 48.2 Å². The van der Waals surface area contributed by atoms with Gasteiger partial charge in [-0.3, -0.25) is 4.79 Å². The molecular formula is C35H62O5. The SMILES string of the molecule is CCC[C@@H]1[C@]2(CC[C@]3(C)C4C(C)CC([C@H](OC(C)=O)C(C)(C)O)OC4C[C@@]13C)C[C@@]2(C)CC[C@H](OC)C(C)(C)C. The predicted octanol–water partition coefficient (Wildman–Crippen LogP) is 7.96. The van der Waals surface area contributed by atoms with Crippen LogP contribution in [0.4, 0.5) is 0 Å². The van der Waals surface area contributed by atoms with E-state index in [1.165, 1.54) is 45.4 Å². The zero-order valence-electron chi connectivity index (χ0n) is 28.0. The maximum atomic E-state index is 12.0. The first-order valence-corrected chi connectivity index (χ1v) is 16.4. The second-order valence-electron chi connectivity index (χ2n) is 17.0. The Balaban J connectivity index is 1.61. The third kappa shape index (κ3) is 5.10. The van der Waals surface area contributed by atoms with Crippen LogP contribution < -0.4 is 0 Å². The number of carbonyl (C=O) groups is 1. The van der Waals surface area contributed by atoms with Crippen molar-refractivity contribution in [1.29, 1.82) is 0 Å². The van der Waals surface area contributed by atoms with Crippen LogP contribution >= 0.6 is 0 Å². The van der Waals surface area contributed by atoms with Gasteiger partial charge in [-0.15, -0.1) is 0 Å². The van der Waals surface area contributed by atoms with Gasteiger partial charge in [0.2, 0.25) is 0 Å². The lowest BCUT2D eigenvalue weighted by Crippen LogP contribution is -2.55. The van der Waals surface area contributed by atoms with E-state index in [0.717, 1.165) is 19.3 Å². The summed E-state index contributed by atoms with van der Waals surface area (Å²) in [7, 11) is 1.88. The number of methoxy groups -OCH3 is 1. The zero-order chi connectivity index (χ0) is 30.1. The summed E-state index contributed by atoms with van der Waals surface area (Å²) in [5, 5.41) is 11.0. The van der Waals surface area contributed by atoms with Crippen molar-refractivity contribution in [1.82, 2.24) is 0 Å². The topological polar surface area (TPSA) is 65.0 Å². The third-order valence-electron chi connectivity index (χ3n) is 13.1. The van der Waals surface area contributed by atoms with Gasteiger partial charge in [-0.1, -0.05) is 61.8 Å². The van der Waals surface area contributed by atoms with Crippen LogP contribution in [0.25, 0.3) is 0 Å². The molecule has 3 saturated carbocycles. The highest BCUT2D eigenvalue weighted by Crippen LogP contribution is 2.83. The van der Waals surface area contributed by atoms with Crippen LogP contribution in [0.3, 0.4) is 0 Å². The van der Waals surface area contributed by atoms with E-state index in [1.807, 2.05) is 7.11 Å². The Morgan fingerprint density at radius 3 is 2.27 bits per heavy atom. The molecule has 4 aliphatic rings. The third-order valence-corrected chi connectivity index (χ3v) is 13.1. The molecule has 1 aliphatic heterocycles. The lowest BCUT2D eigenvalue weighted by molar-refractivity contribution is -0.208. The normalized spacial score (nSPS) is 44.6. The Morgan fingerprint density at radius 2 is 1.75 bits per heavy atom. The predicted molar refractivity (Wildman–Crippen MR) is 161 cm³/mol. The van der Waals surface area contributed by atoms with E-state index in [4.69, 9.17) is 14.2 Å². The molecular weight excluding hydrogens is 500 g/mol. The maximum absolute atomic E-state index is 12.0. The van der Waals surface area contributed by atoms with Crippen LogP contribution in [0.1, 0.15) is 134 Å². The average Bonchev–Trinajstić information content (AvgIpc) is 3.31. The monoisotopic (exact) mass is 562 g/mol. The van der Waals surface area contributed by atoms with Gasteiger partial charge < -0.3 is 19.3 Å². The minimum absolute atomic E-state index is 0.141. The fourth-order valence-corrected chi connectivity index (χ4v) is 11.0. The molecule has 0 amide bonds. The molecule has 40 heavy (non-hydrogen) atoms. The Kier molecular flexibility index (Phi) is 8.48. The summed E-state index contributed by atoms with van der Waals surface area (Å²) in [6.45, 7) is 24.4. The van der Waals surface area contributed by atoms with Gasteiger partial charge in [-0.25, -0.2) is 0 Å². The molecule has 0 aromatic heterocycles. The van der Waals surface area contributed by atoms with E-state index in [2.05, 4.69) is 55.4 Å². The molecule has 1 spiro atoms. The molecule has 1 heterocycles. The lowest BCUT2D eigenvalue weighted by Gasteiger charge is -2.59. The van der Waals surface area contributed by atoms with Crippen LogP contribution in [0.15, 0.2) is 0 Å². The van der Waals surface area contributed by atoms with Crippen molar-refractivity contribution in [2.24, 2.45) is 44.8 Å². The van der Waals surface area contributed by atoms with Crippen LogP contribution in [0.5, 0.6) is 0 Å². The molecule has 3 aliphatic carbocycles. The molecule has 4 rings (SSSR count). The van der Waals surface area contributed by atoms with Gasteiger partial charge in [0.05, 0.1) is 23.9 Å². The largest absolute Gasteiger partial charge is 0.457 e. The first-order valence-electron chi connectivity index (χ1n) is 16.4. The van der Waals surface area contributed by atoms with Crippen molar-refractivity contribution in [2.45, 2.75) is 164 Å². The number of esters is 1. The van der Waals surface area contributed by atoms with Gasteiger partial charge in [0.15, 0.2) is 6.10 Å². The highest BCUT2D eigenvalue weighted by Gasteiger charge is 2.77. The second kappa shape index (κ2) is 10.5. The first-order chi connectivity index (χ1) is 18.3. The summed E-state index contributed by atoms with van der Waals surface area (Å²) < 4.78 is 18.6. The van der Waals surface area contributed by atoms with Gasteiger partial charge in [0.25, 0.3) is 0 Å². The molecule has 11 atom stereocenters. The molecule has 5 nitrogen and oxygen atoms in total. The number of rotatable bonds is 9. The summed E-state index contributed by atoms with van der Waals surface area (Å²) in [6, 6.07) is 0. The molecule has 4 fully saturated rings. The van der Waals surface area contributed by atoms with Gasteiger partial charge in [-0.05, 0) is 110 Å². The van der Waals surface area contributed by atoms with Crippen molar-refractivity contribution >= 4 is 5.97 Å². The van der Waals surface area contributed by atoms with Crippen LogP contribution in [-0.2, 0) is 19.0 Å². The van der Waals surface area contributed by atoms with Crippen molar-refractivity contribution < 1.29 is 24.1 Å². The number of hydrogen-bond donors (Lipinski definition) is 1. The fraction of sp³-hybridized carbons (Fsp3) is 0.971. The number of fused-ring (bicyclic) bond motifs is 3. The van der Waals surface area contributed by atoms with E-state index >= 15 is 0 Å². The molecule has 0 bridgehead atoms. The van der Waals surface area contributed by atoms with Gasteiger partial charge >= 0.3 is 5.97 Å². The number of ether oxygens (including phenoxy) is 3. The molecule has 0 aromatic carbocycles. The summed E-state index contributed by atoms with van der Waals surface area (Å²) in [5.74, 6) is 1.27. The lowest BCUT2D eigenvalue weighted by atomic mass is 9.46. The number of aliphatic hydroxyl groups is 1. The molecule has 0 radical (unpaired) electrons. The standard InChI is InChI=1S/C35H62O5/c1-13-14-26-34(11)20-25-28(22(2)19-24(40-25)29(31(7,8)37)39-23(3)36)33(34,10)17-18-35(26)21-32(35,9)16-15-27(38-12)30(4,5)6/h22,24-29,37H,13-21H2,1-12H3/t22?,24?,25?,26-,27-,28?,29-,32+,33+,34-,35-/m0/s1. The van der Waals surface area contributed by atoms with E-state index in [-0.39, 0.29) is 40.5 Å². The zero-order valence-corrected chi connectivity index (χ0v) is 28.0. The van der Waals surface area contributed by atoms with Gasteiger partial charge in [0.1, 0.15) is 0 Å². The molecule has 5 heteroatoms. The quantitative estimate of drug-likeness (QED) is 0.289. The van der Waals surface area contributed by atoms with Crippen molar-refractivity contribution in [3.63, 3.8) is 0 Å². The van der Waals surface area contributed by atoms with Gasteiger partial charge in [-0.2, -0.15) is 0 Å². The van der Waals surface area contributed by atoms with Gasteiger partial charge in [0, 0.05) is 14.0 Å². The second-order valence-corrected chi connectivity index (χ2v) is 17.0. The van der Waals surface area contributed by atoms with E-state index in [0.29, 0.717) is 28.6 Å². The van der Waals surface area contributed by atoms with E-state index in [9.17, 15) is 9.90 Å². The average molecular weight is 563 g/mol. The molecule has 1 saturated heterocycles. The van der Waals surface area contributed by atoms with E-state index < -0.39 is 11.7 Å². The first kappa shape index (κ1) is 32.3. The van der Waals surface area contributed by atoms with Crippen molar-refractivity contribution in [2.75, 3.05) is 7.11 Å². The van der Waals surface area contributed by atoms with Crippen LogP contribution in [0.2, 0.25) is 0 Å². The Morgan fingerprint density at radius 1 is 1.10 bits per heavy atom. The number of hydrogen-bond acceptors (Lipinski definition) is 5. The Hall–Kier alpha value is -0.650. The highest BCUT2D eigenvalue weighted by molar-refractivity contribution is 5.66.